The zero-order valence-electron chi connectivity index (χ0n) is 8.76. The molecule has 0 unspecified atom stereocenters. The van der Waals surface area contributed by atoms with Crippen LogP contribution in [0.2, 0.25) is 0 Å². The van der Waals surface area contributed by atoms with E-state index in [4.69, 9.17) is 0 Å². The van der Waals surface area contributed by atoms with Crippen molar-refractivity contribution in [2.24, 2.45) is 0 Å². The Kier molecular flexibility index (Phi) is 2.53. The summed E-state index contributed by atoms with van der Waals surface area (Å²) in [4.78, 5) is 8.03. The van der Waals surface area contributed by atoms with Gasteiger partial charge in [0.2, 0.25) is 0 Å². The van der Waals surface area contributed by atoms with Crippen molar-refractivity contribution in [2.75, 3.05) is 6.54 Å². The summed E-state index contributed by atoms with van der Waals surface area (Å²) in [7, 11) is 0. The first-order valence-corrected chi connectivity index (χ1v) is 6.16. The maximum Gasteiger partial charge on any atom is 0.137 e. The van der Waals surface area contributed by atoms with Crippen molar-refractivity contribution in [3.63, 3.8) is 0 Å². The Morgan fingerprint density at radius 1 is 1.31 bits per heavy atom. The summed E-state index contributed by atoms with van der Waals surface area (Å²) in [5.74, 6) is 0.968. The molecule has 0 radical (unpaired) electrons. The van der Waals surface area contributed by atoms with E-state index in [-0.39, 0.29) is 0 Å². The average Bonchev–Trinajstić information content (AvgIpc) is 2.72. The van der Waals surface area contributed by atoms with Crippen LogP contribution in [-0.2, 0) is 13.0 Å². The molecule has 16 heavy (non-hydrogen) atoms. The fourth-order valence-electron chi connectivity index (χ4n) is 1.99. The average molecular weight is 278 g/mol. The fraction of sp³-hybridized carbons (Fsp3) is 0.250. The standard InChI is InChI=1S/C12H12BrN3/c13-9-3-1-2-8(6-9)12-15-10-4-5-14-7-11(10)16-12/h1-3,6,14H,4-5,7H2,(H,15,16). The minimum absolute atomic E-state index is 0.899. The van der Waals surface area contributed by atoms with E-state index in [2.05, 4.69) is 43.3 Å². The predicted molar refractivity (Wildman–Crippen MR) is 67.1 cm³/mol. The summed E-state index contributed by atoms with van der Waals surface area (Å²) >= 11 is 3.48. The van der Waals surface area contributed by atoms with Crippen LogP contribution in [0.15, 0.2) is 28.7 Å². The number of rotatable bonds is 1. The molecule has 0 bridgehead atoms. The predicted octanol–water partition coefficient (Wildman–Crippen LogP) is 2.48. The topological polar surface area (TPSA) is 40.7 Å². The summed E-state index contributed by atoms with van der Waals surface area (Å²) < 4.78 is 1.08. The number of hydrogen-bond donors (Lipinski definition) is 2. The number of aromatic nitrogens is 2. The van der Waals surface area contributed by atoms with Gasteiger partial charge in [-0.2, -0.15) is 0 Å². The van der Waals surface area contributed by atoms with Crippen LogP contribution in [0.25, 0.3) is 11.4 Å². The van der Waals surface area contributed by atoms with Gasteiger partial charge in [-0.3, -0.25) is 0 Å². The minimum Gasteiger partial charge on any atom is -0.341 e. The molecule has 1 aromatic heterocycles. The molecule has 0 amide bonds. The maximum atomic E-state index is 4.65. The van der Waals surface area contributed by atoms with Crippen LogP contribution in [0, 0.1) is 0 Å². The third kappa shape index (κ3) is 1.79. The van der Waals surface area contributed by atoms with E-state index in [0.717, 1.165) is 35.4 Å². The number of benzene rings is 1. The number of H-pyrrole nitrogens is 1. The van der Waals surface area contributed by atoms with Gasteiger partial charge in [0.1, 0.15) is 5.82 Å². The zero-order chi connectivity index (χ0) is 11.0. The van der Waals surface area contributed by atoms with Crippen LogP contribution < -0.4 is 5.32 Å². The monoisotopic (exact) mass is 277 g/mol. The maximum absolute atomic E-state index is 4.65. The van der Waals surface area contributed by atoms with Gasteiger partial charge in [0, 0.05) is 29.5 Å². The SMILES string of the molecule is Brc1cccc(-c2nc3c([nH]2)CNCC3)c1. The summed E-state index contributed by atoms with van der Waals surface area (Å²) in [6.07, 6.45) is 1.01. The first-order valence-electron chi connectivity index (χ1n) is 5.37. The summed E-state index contributed by atoms with van der Waals surface area (Å²) in [5, 5.41) is 3.34. The molecule has 1 aromatic carbocycles. The molecule has 0 saturated carbocycles. The van der Waals surface area contributed by atoms with Gasteiger partial charge in [0.25, 0.3) is 0 Å². The van der Waals surface area contributed by atoms with Gasteiger partial charge in [-0.1, -0.05) is 28.1 Å². The highest BCUT2D eigenvalue weighted by Gasteiger charge is 2.14. The number of nitrogens with zero attached hydrogens (tertiary/aromatic N) is 1. The lowest BCUT2D eigenvalue weighted by Crippen LogP contribution is -2.23. The molecule has 0 saturated heterocycles. The second-order valence-corrected chi connectivity index (χ2v) is 4.86. The quantitative estimate of drug-likeness (QED) is 0.841. The highest BCUT2D eigenvalue weighted by Crippen LogP contribution is 2.22. The molecule has 3 nitrogen and oxygen atoms in total. The van der Waals surface area contributed by atoms with E-state index in [1.807, 2.05) is 12.1 Å². The van der Waals surface area contributed by atoms with Crippen molar-refractivity contribution < 1.29 is 0 Å². The molecule has 0 fully saturated rings. The van der Waals surface area contributed by atoms with E-state index in [1.165, 1.54) is 11.4 Å². The second-order valence-electron chi connectivity index (χ2n) is 3.95. The molecule has 1 aliphatic heterocycles. The molecule has 82 valence electrons. The summed E-state index contributed by atoms with van der Waals surface area (Å²) in [6, 6.07) is 8.20. The number of hydrogen-bond acceptors (Lipinski definition) is 2. The Morgan fingerprint density at radius 2 is 2.25 bits per heavy atom. The van der Waals surface area contributed by atoms with Gasteiger partial charge >= 0.3 is 0 Å². The van der Waals surface area contributed by atoms with Crippen LogP contribution in [0.5, 0.6) is 0 Å². The highest BCUT2D eigenvalue weighted by molar-refractivity contribution is 9.10. The van der Waals surface area contributed by atoms with Crippen LogP contribution in [-0.4, -0.2) is 16.5 Å². The Balaban J connectivity index is 2.03. The molecular formula is C12H12BrN3. The lowest BCUT2D eigenvalue weighted by Gasteiger charge is -2.09. The van der Waals surface area contributed by atoms with Crippen molar-refractivity contribution in [2.45, 2.75) is 13.0 Å². The van der Waals surface area contributed by atoms with Crippen LogP contribution >= 0.6 is 15.9 Å². The fourth-order valence-corrected chi connectivity index (χ4v) is 2.39. The van der Waals surface area contributed by atoms with E-state index in [0.29, 0.717) is 0 Å². The van der Waals surface area contributed by atoms with Crippen molar-refractivity contribution >= 4 is 15.9 Å². The minimum atomic E-state index is 0.899. The first-order chi connectivity index (χ1) is 7.83. The molecule has 3 rings (SSSR count). The number of nitrogens with one attached hydrogen (secondary N) is 2. The smallest absolute Gasteiger partial charge is 0.137 e. The second kappa shape index (κ2) is 4.03. The third-order valence-corrected chi connectivity index (χ3v) is 3.30. The van der Waals surface area contributed by atoms with E-state index >= 15 is 0 Å². The van der Waals surface area contributed by atoms with Gasteiger partial charge in [-0.05, 0) is 12.1 Å². The van der Waals surface area contributed by atoms with E-state index in [1.54, 1.807) is 0 Å². The lowest BCUT2D eigenvalue weighted by atomic mass is 10.2. The Labute approximate surface area is 102 Å². The van der Waals surface area contributed by atoms with Crippen molar-refractivity contribution in [3.05, 3.63) is 40.1 Å². The summed E-state index contributed by atoms with van der Waals surface area (Å²) in [5.41, 5.74) is 3.55. The number of halogens is 1. The molecule has 2 heterocycles. The van der Waals surface area contributed by atoms with E-state index < -0.39 is 0 Å². The normalized spacial score (nSPS) is 14.8. The first kappa shape index (κ1) is 10.1. The van der Waals surface area contributed by atoms with Gasteiger partial charge in [0.15, 0.2) is 0 Å². The number of aromatic amines is 1. The molecular weight excluding hydrogens is 266 g/mol. The zero-order valence-corrected chi connectivity index (χ0v) is 10.3. The van der Waals surface area contributed by atoms with Crippen molar-refractivity contribution in [1.82, 2.24) is 15.3 Å². The van der Waals surface area contributed by atoms with Gasteiger partial charge in [-0.15, -0.1) is 0 Å². The molecule has 0 spiro atoms. The number of fused-ring (bicyclic) bond motifs is 1. The van der Waals surface area contributed by atoms with Gasteiger partial charge in [0.05, 0.1) is 11.4 Å². The van der Waals surface area contributed by atoms with E-state index in [9.17, 15) is 0 Å². The lowest BCUT2D eigenvalue weighted by molar-refractivity contribution is 0.627. The molecule has 0 atom stereocenters. The largest absolute Gasteiger partial charge is 0.341 e. The highest BCUT2D eigenvalue weighted by atomic mass is 79.9. The van der Waals surface area contributed by atoms with Crippen LogP contribution in [0.4, 0.5) is 0 Å². The van der Waals surface area contributed by atoms with Crippen molar-refractivity contribution in [3.8, 4) is 11.4 Å². The Hall–Kier alpha value is -1.13. The molecule has 4 heteroatoms. The van der Waals surface area contributed by atoms with Crippen LogP contribution in [0.1, 0.15) is 11.4 Å². The van der Waals surface area contributed by atoms with Crippen LogP contribution in [0.3, 0.4) is 0 Å². The third-order valence-electron chi connectivity index (χ3n) is 2.80. The molecule has 1 aliphatic rings. The Morgan fingerprint density at radius 3 is 3.06 bits per heavy atom. The van der Waals surface area contributed by atoms with Gasteiger partial charge in [-0.25, -0.2) is 4.98 Å². The number of imidazole rings is 1. The summed E-state index contributed by atoms with van der Waals surface area (Å²) in [6.45, 7) is 1.92. The Bertz CT molecular complexity index is 495. The molecule has 2 N–H and O–H groups in total. The van der Waals surface area contributed by atoms with Crippen molar-refractivity contribution in [1.29, 1.82) is 0 Å². The molecule has 2 aromatic rings. The molecule has 0 aliphatic carbocycles. The van der Waals surface area contributed by atoms with Gasteiger partial charge < -0.3 is 10.3 Å².